The number of hydrogen-bond donors (Lipinski definition) is 1. The van der Waals surface area contributed by atoms with Gasteiger partial charge in [0.15, 0.2) is 5.96 Å². The van der Waals surface area contributed by atoms with Crippen molar-refractivity contribution in [3.8, 4) is 0 Å². The molecule has 1 heterocycles. The van der Waals surface area contributed by atoms with Crippen molar-refractivity contribution in [1.82, 2.24) is 10.2 Å². The van der Waals surface area contributed by atoms with Crippen LogP contribution in [0.3, 0.4) is 0 Å². The van der Waals surface area contributed by atoms with Gasteiger partial charge < -0.3 is 15.0 Å². The topological polar surface area (TPSA) is 36.9 Å². The van der Waals surface area contributed by atoms with Crippen LogP contribution < -0.4 is 5.32 Å². The van der Waals surface area contributed by atoms with Crippen LogP contribution in [0.25, 0.3) is 0 Å². The maximum atomic E-state index is 13.6. The van der Waals surface area contributed by atoms with Gasteiger partial charge in [0.05, 0.1) is 6.61 Å². The molecule has 1 aromatic heterocycles. The van der Waals surface area contributed by atoms with Crippen molar-refractivity contribution in [3.05, 3.63) is 57.5 Å². The number of rotatable bonds is 6. The lowest BCUT2D eigenvalue weighted by molar-refractivity contribution is 0.181. The molecule has 1 N–H and O–H groups in total. The van der Waals surface area contributed by atoms with Crippen LogP contribution in [0.15, 0.2) is 40.0 Å². The molecule has 4 nitrogen and oxygen atoms in total. The molecule has 0 atom stereocenters. The summed E-state index contributed by atoms with van der Waals surface area (Å²) < 4.78 is 18.6. The second kappa shape index (κ2) is 8.64. The number of methoxy groups -OCH3 is 1. The molecule has 0 fully saturated rings. The SMILES string of the molecule is CN=C(NCc1ccc(F)c(COC)c1)N(C)Cc1ccsc1. The van der Waals surface area contributed by atoms with Gasteiger partial charge in [0.2, 0.25) is 0 Å². The van der Waals surface area contributed by atoms with Crippen LogP contribution in [-0.2, 0) is 24.4 Å². The van der Waals surface area contributed by atoms with E-state index >= 15 is 0 Å². The first-order valence-electron chi connectivity index (χ1n) is 7.33. The molecule has 0 saturated carbocycles. The molecule has 0 amide bonds. The zero-order valence-corrected chi connectivity index (χ0v) is 14.5. The Bertz CT molecular complexity index is 643. The van der Waals surface area contributed by atoms with Crippen LogP contribution in [0, 0.1) is 5.82 Å². The molecule has 0 saturated heterocycles. The fourth-order valence-corrected chi connectivity index (χ4v) is 2.96. The Morgan fingerprint density at radius 2 is 2.17 bits per heavy atom. The van der Waals surface area contributed by atoms with Gasteiger partial charge in [-0.1, -0.05) is 6.07 Å². The molecule has 0 aliphatic rings. The summed E-state index contributed by atoms with van der Waals surface area (Å²) >= 11 is 1.68. The van der Waals surface area contributed by atoms with Crippen molar-refractivity contribution >= 4 is 17.3 Å². The van der Waals surface area contributed by atoms with Gasteiger partial charge in [-0.3, -0.25) is 4.99 Å². The van der Waals surface area contributed by atoms with E-state index in [-0.39, 0.29) is 12.4 Å². The fourth-order valence-electron chi connectivity index (χ4n) is 2.30. The number of nitrogens with zero attached hydrogens (tertiary/aromatic N) is 2. The predicted octanol–water partition coefficient (Wildman–Crippen LogP) is 3.24. The van der Waals surface area contributed by atoms with Crippen molar-refractivity contribution in [2.24, 2.45) is 4.99 Å². The highest BCUT2D eigenvalue weighted by atomic mass is 32.1. The molecular formula is C17H22FN3OS. The van der Waals surface area contributed by atoms with Gasteiger partial charge in [0.25, 0.3) is 0 Å². The van der Waals surface area contributed by atoms with E-state index in [2.05, 4.69) is 32.0 Å². The lowest BCUT2D eigenvalue weighted by Gasteiger charge is -2.21. The van der Waals surface area contributed by atoms with E-state index in [1.54, 1.807) is 31.6 Å². The molecule has 124 valence electrons. The van der Waals surface area contributed by atoms with Crippen LogP contribution >= 0.6 is 11.3 Å². The van der Waals surface area contributed by atoms with Crippen LogP contribution in [-0.4, -0.2) is 32.1 Å². The first-order chi connectivity index (χ1) is 11.1. The first kappa shape index (κ1) is 17.4. The quantitative estimate of drug-likeness (QED) is 0.650. The Labute approximate surface area is 140 Å². The summed E-state index contributed by atoms with van der Waals surface area (Å²) in [5.41, 5.74) is 2.81. The van der Waals surface area contributed by atoms with E-state index in [0.29, 0.717) is 12.1 Å². The number of ether oxygens (including phenoxy) is 1. The fraction of sp³-hybridized carbons (Fsp3) is 0.353. The van der Waals surface area contributed by atoms with Gasteiger partial charge in [0, 0.05) is 39.9 Å². The summed E-state index contributed by atoms with van der Waals surface area (Å²) in [7, 11) is 5.31. The largest absolute Gasteiger partial charge is 0.380 e. The Kier molecular flexibility index (Phi) is 6.55. The zero-order valence-electron chi connectivity index (χ0n) is 13.7. The van der Waals surface area contributed by atoms with Gasteiger partial charge in [-0.05, 0) is 40.1 Å². The van der Waals surface area contributed by atoms with Crippen LogP contribution in [0.4, 0.5) is 4.39 Å². The zero-order chi connectivity index (χ0) is 16.7. The Hall–Kier alpha value is -1.92. The summed E-state index contributed by atoms with van der Waals surface area (Å²) in [6.07, 6.45) is 0. The van der Waals surface area contributed by atoms with E-state index in [0.717, 1.165) is 18.1 Å². The highest BCUT2D eigenvalue weighted by Crippen LogP contribution is 2.12. The number of benzene rings is 1. The highest BCUT2D eigenvalue weighted by molar-refractivity contribution is 7.07. The summed E-state index contributed by atoms with van der Waals surface area (Å²) in [6, 6.07) is 7.17. The van der Waals surface area contributed by atoms with E-state index in [1.807, 2.05) is 13.1 Å². The average Bonchev–Trinajstić information content (AvgIpc) is 3.04. The molecule has 2 rings (SSSR count). The molecule has 2 aromatic rings. The minimum Gasteiger partial charge on any atom is -0.380 e. The summed E-state index contributed by atoms with van der Waals surface area (Å²) in [5.74, 6) is 0.559. The van der Waals surface area contributed by atoms with Gasteiger partial charge in [-0.2, -0.15) is 11.3 Å². The minimum absolute atomic E-state index is 0.241. The van der Waals surface area contributed by atoms with Crippen LogP contribution in [0.5, 0.6) is 0 Å². The molecule has 0 aliphatic carbocycles. The molecule has 0 radical (unpaired) electrons. The van der Waals surface area contributed by atoms with E-state index in [4.69, 9.17) is 4.74 Å². The lowest BCUT2D eigenvalue weighted by Crippen LogP contribution is -2.37. The second-order valence-electron chi connectivity index (χ2n) is 5.25. The van der Waals surface area contributed by atoms with Gasteiger partial charge in [-0.15, -0.1) is 0 Å². The predicted molar refractivity (Wildman–Crippen MR) is 93.1 cm³/mol. The molecule has 0 aliphatic heterocycles. The second-order valence-corrected chi connectivity index (χ2v) is 6.03. The van der Waals surface area contributed by atoms with Gasteiger partial charge in [-0.25, -0.2) is 4.39 Å². The number of hydrogen-bond acceptors (Lipinski definition) is 3. The van der Waals surface area contributed by atoms with Crippen LogP contribution in [0.2, 0.25) is 0 Å². The number of nitrogens with one attached hydrogen (secondary N) is 1. The van der Waals surface area contributed by atoms with Crippen LogP contribution in [0.1, 0.15) is 16.7 Å². The van der Waals surface area contributed by atoms with Crippen molar-refractivity contribution in [3.63, 3.8) is 0 Å². The van der Waals surface area contributed by atoms with E-state index < -0.39 is 0 Å². The van der Waals surface area contributed by atoms with E-state index in [1.165, 1.54) is 11.6 Å². The van der Waals surface area contributed by atoms with Gasteiger partial charge >= 0.3 is 0 Å². The van der Waals surface area contributed by atoms with Gasteiger partial charge in [0.1, 0.15) is 5.82 Å². The molecule has 0 bridgehead atoms. The summed E-state index contributed by atoms with van der Waals surface area (Å²) in [5, 5.41) is 7.49. The third-order valence-electron chi connectivity index (χ3n) is 3.43. The van der Waals surface area contributed by atoms with Crippen molar-refractivity contribution in [2.45, 2.75) is 19.7 Å². The molecule has 6 heteroatoms. The number of guanidine groups is 1. The maximum Gasteiger partial charge on any atom is 0.193 e. The summed E-state index contributed by atoms with van der Waals surface area (Å²) in [6.45, 7) is 1.64. The standard InChI is InChI=1S/C17H22FN3OS/c1-19-17(21(2)10-14-6-7-23-12-14)20-9-13-4-5-16(18)15(8-13)11-22-3/h4-8,12H,9-11H2,1-3H3,(H,19,20). The number of halogens is 1. The molecule has 0 spiro atoms. The molecular weight excluding hydrogens is 313 g/mol. The average molecular weight is 335 g/mol. The highest BCUT2D eigenvalue weighted by Gasteiger charge is 2.08. The Balaban J connectivity index is 1.96. The number of aliphatic imine (C=N–C) groups is 1. The third-order valence-corrected chi connectivity index (χ3v) is 4.17. The molecule has 23 heavy (non-hydrogen) atoms. The summed E-state index contributed by atoms with van der Waals surface area (Å²) in [4.78, 5) is 6.35. The van der Waals surface area contributed by atoms with Crippen molar-refractivity contribution < 1.29 is 9.13 Å². The third kappa shape index (κ3) is 5.04. The normalized spacial score (nSPS) is 11.6. The molecule has 0 unspecified atom stereocenters. The van der Waals surface area contributed by atoms with Crippen molar-refractivity contribution in [1.29, 1.82) is 0 Å². The monoisotopic (exact) mass is 335 g/mol. The minimum atomic E-state index is -0.241. The molecule has 1 aromatic carbocycles. The lowest BCUT2D eigenvalue weighted by atomic mass is 10.1. The van der Waals surface area contributed by atoms with E-state index in [9.17, 15) is 4.39 Å². The Morgan fingerprint density at radius 3 is 2.83 bits per heavy atom. The Morgan fingerprint density at radius 1 is 1.35 bits per heavy atom. The number of thiophene rings is 1. The van der Waals surface area contributed by atoms with Crippen molar-refractivity contribution in [2.75, 3.05) is 21.2 Å². The smallest absolute Gasteiger partial charge is 0.193 e. The maximum absolute atomic E-state index is 13.6. The first-order valence-corrected chi connectivity index (χ1v) is 8.27.